The average Bonchev–Trinajstić information content (AvgIpc) is 2.30. The highest BCUT2D eigenvalue weighted by molar-refractivity contribution is 6.31. The Hall–Kier alpha value is -0.600. The molecule has 1 saturated carbocycles. The van der Waals surface area contributed by atoms with E-state index in [1.807, 2.05) is 6.07 Å². The lowest BCUT2D eigenvalue weighted by atomic mass is 9.79. The molecule has 0 spiro atoms. The number of hydrogen-bond donors (Lipinski definition) is 1. The molecule has 88 valence electrons. The smallest absolute Gasteiger partial charge is 0.0833 e. The van der Waals surface area contributed by atoms with Crippen molar-refractivity contribution in [1.29, 1.82) is 0 Å². The van der Waals surface area contributed by atoms with Crippen molar-refractivity contribution < 1.29 is 5.11 Å². The van der Waals surface area contributed by atoms with Crippen molar-refractivity contribution in [3.8, 4) is 0 Å². The van der Waals surface area contributed by atoms with E-state index in [1.165, 1.54) is 12.8 Å². The Morgan fingerprint density at radius 1 is 1.38 bits per heavy atom. The second-order valence-electron chi connectivity index (χ2n) is 4.86. The van der Waals surface area contributed by atoms with E-state index in [0.717, 1.165) is 24.3 Å². The third-order valence-electron chi connectivity index (χ3n) is 3.63. The maximum atomic E-state index is 10.3. The fraction of sp³-hybridized carbons (Fsp3) is 0.615. The molecule has 0 radical (unpaired) electrons. The van der Waals surface area contributed by atoms with Gasteiger partial charge in [0, 0.05) is 18.0 Å². The zero-order valence-corrected chi connectivity index (χ0v) is 10.3. The number of aliphatic hydroxyl groups is 1. The van der Waals surface area contributed by atoms with E-state index in [9.17, 15) is 5.11 Å². The fourth-order valence-corrected chi connectivity index (χ4v) is 2.71. The molecule has 1 aromatic rings. The van der Waals surface area contributed by atoms with Gasteiger partial charge in [0.15, 0.2) is 0 Å². The van der Waals surface area contributed by atoms with Crippen molar-refractivity contribution in [2.75, 3.05) is 0 Å². The van der Waals surface area contributed by atoms with Gasteiger partial charge in [-0.2, -0.15) is 0 Å². The van der Waals surface area contributed by atoms with E-state index in [4.69, 9.17) is 11.6 Å². The van der Waals surface area contributed by atoms with Crippen molar-refractivity contribution >= 4 is 11.6 Å². The summed E-state index contributed by atoms with van der Waals surface area (Å²) in [6, 6.07) is 1.82. The third-order valence-corrected chi connectivity index (χ3v) is 3.95. The molecule has 3 heteroatoms. The van der Waals surface area contributed by atoms with Crippen LogP contribution in [0.4, 0.5) is 0 Å². The molecule has 0 aliphatic heterocycles. The second-order valence-corrected chi connectivity index (χ2v) is 5.27. The summed E-state index contributed by atoms with van der Waals surface area (Å²) in [5.41, 5.74) is 0.830. The van der Waals surface area contributed by atoms with Crippen molar-refractivity contribution in [3.05, 3.63) is 29.0 Å². The highest BCUT2D eigenvalue weighted by atomic mass is 35.5. The molecule has 0 aromatic carbocycles. The molecule has 1 fully saturated rings. The highest BCUT2D eigenvalue weighted by Crippen LogP contribution is 2.38. The number of halogens is 1. The standard InChI is InChI=1S/C13H18ClNO/c1-9-2-4-10(5-3-9)13(16)11-6-7-15-8-12(11)14/h6-10,13,16H,2-5H2,1H3. The minimum Gasteiger partial charge on any atom is -0.388 e. The monoisotopic (exact) mass is 239 g/mol. The highest BCUT2D eigenvalue weighted by Gasteiger charge is 2.26. The van der Waals surface area contributed by atoms with Crippen molar-refractivity contribution in [1.82, 2.24) is 4.98 Å². The SMILES string of the molecule is CC1CCC(C(O)c2ccncc2Cl)CC1. The molecule has 1 aromatic heterocycles. The van der Waals surface area contributed by atoms with Gasteiger partial charge >= 0.3 is 0 Å². The van der Waals surface area contributed by atoms with Gasteiger partial charge in [0.2, 0.25) is 0 Å². The topological polar surface area (TPSA) is 33.1 Å². The van der Waals surface area contributed by atoms with E-state index >= 15 is 0 Å². The molecular formula is C13H18ClNO. The molecular weight excluding hydrogens is 222 g/mol. The molecule has 0 bridgehead atoms. The van der Waals surface area contributed by atoms with Gasteiger partial charge in [0.1, 0.15) is 0 Å². The minimum absolute atomic E-state index is 0.357. The number of pyridine rings is 1. The zero-order chi connectivity index (χ0) is 11.5. The molecule has 1 aliphatic carbocycles. The summed E-state index contributed by atoms with van der Waals surface area (Å²) in [5.74, 6) is 1.16. The Morgan fingerprint density at radius 2 is 2.06 bits per heavy atom. The van der Waals surface area contributed by atoms with Crippen LogP contribution in [0.25, 0.3) is 0 Å². The zero-order valence-electron chi connectivity index (χ0n) is 9.56. The first-order valence-corrected chi connectivity index (χ1v) is 6.33. The summed E-state index contributed by atoms with van der Waals surface area (Å²) in [6.45, 7) is 2.28. The molecule has 1 unspecified atom stereocenters. The summed E-state index contributed by atoms with van der Waals surface area (Å²) in [6.07, 6.45) is 7.49. The molecule has 1 atom stereocenters. The quantitative estimate of drug-likeness (QED) is 0.856. The van der Waals surface area contributed by atoms with Gasteiger partial charge in [-0.3, -0.25) is 4.98 Å². The summed E-state index contributed by atoms with van der Waals surface area (Å²) in [4.78, 5) is 3.94. The van der Waals surface area contributed by atoms with Gasteiger partial charge in [-0.05, 0) is 30.7 Å². The molecule has 16 heavy (non-hydrogen) atoms. The van der Waals surface area contributed by atoms with E-state index in [1.54, 1.807) is 12.4 Å². The molecule has 1 heterocycles. The summed E-state index contributed by atoms with van der Waals surface area (Å²) < 4.78 is 0. The molecule has 0 saturated heterocycles. The van der Waals surface area contributed by atoms with Crippen molar-refractivity contribution in [2.24, 2.45) is 11.8 Å². The van der Waals surface area contributed by atoms with Crippen LogP contribution < -0.4 is 0 Å². The Kier molecular flexibility index (Phi) is 3.82. The molecule has 0 amide bonds. The van der Waals surface area contributed by atoms with E-state index in [0.29, 0.717) is 10.9 Å². The third kappa shape index (κ3) is 2.55. The van der Waals surface area contributed by atoms with Gasteiger partial charge < -0.3 is 5.11 Å². The van der Waals surface area contributed by atoms with E-state index in [-0.39, 0.29) is 0 Å². The van der Waals surface area contributed by atoms with Crippen LogP contribution >= 0.6 is 11.6 Å². The van der Waals surface area contributed by atoms with Gasteiger partial charge in [-0.1, -0.05) is 31.4 Å². The average molecular weight is 240 g/mol. The van der Waals surface area contributed by atoms with E-state index < -0.39 is 6.10 Å². The lowest BCUT2D eigenvalue weighted by Gasteiger charge is -2.30. The van der Waals surface area contributed by atoms with Crippen molar-refractivity contribution in [3.63, 3.8) is 0 Å². The van der Waals surface area contributed by atoms with Gasteiger partial charge in [0.25, 0.3) is 0 Å². The largest absolute Gasteiger partial charge is 0.388 e. The Labute approximate surface area is 102 Å². The first-order chi connectivity index (χ1) is 7.68. The molecule has 2 nitrogen and oxygen atoms in total. The number of rotatable bonds is 2. The number of hydrogen-bond acceptors (Lipinski definition) is 2. The predicted octanol–water partition coefficient (Wildman–Crippen LogP) is 3.59. The predicted molar refractivity (Wildman–Crippen MR) is 65.3 cm³/mol. The van der Waals surface area contributed by atoms with Crippen LogP contribution in [-0.4, -0.2) is 10.1 Å². The molecule has 2 rings (SSSR count). The normalized spacial score (nSPS) is 27.7. The lowest BCUT2D eigenvalue weighted by Crippen LogP contribution is -2.19. The van der Waals surface area contributed by atoms with Crippen LogP contribution in [0.5, 0.6) is 0 Å². The van der Waals surface area contributed by atoms with Crippen LogP contribution in [0.3, 0.4) is 0 Å². The number of aliphatic hydroxyl groups excluding tert-OH is 1. The van der Waals surface area contributed by atoms with E-state index in [2.05, 4.69) is 11.9 Å². The maximum Gasteiger partial charge on any atom is 0.0833 e. The second kappa shape index (κ2) is 5.15. The lowest BCUT2D eigenvalue weighted by molar-refractivity contribution is 0.0756. The van der Waals surface area contributed by atoms with Gasteiger partial charge in [0.05, 0.1) is 11.1 Å². The van der Waals surface area contributed by atoms with Gasteiger partial charge in [-0.15, -0.1) is 0 Å². The molecule has 1 aliphatic rings. The van der Waals surface area contributed by atoms with Crippen LogP contribution in [0.15, 0.2) is 18.5 Å². The summed E-state index contributed by atoms with van der Waals surface area (Å²) >= 11 is 6.04. The minimum atomic E-state index is -0.428. The first-order valence-electron chi connectivity index (χ1n) is 5.96. The number of aromatic nitrogens is 1. The Morgan fingerprint density at radius 3 is 2.69 bits per heavy atom. The Balaban J connectivity index is 2.07. The van der Waals surface area contributed by atoms with Crippen LogP contribution in [0, 0.1) is 11.8 Å². The van der Waals surface area contributed by atoms with Crippen LogP contribution in [0.1, 0.15) is 44.3 Å². The fourth-order valence-electron chi connectivity index (χ4n) is 2.48. The molecule has 1 N–H and O–H groups in total. The van der Waals surface area contributed by atoms with Crippen LogP contribution in [0.2, 0.25) is 5.02 Å². The Bertz CT molecular complexity index is 348. The summed E-state index contributed by atoms with van der Waals surface area (Å²) in [7, 11) is 0. The first kappa shape index (κ1) is 11.9. The van der Waals surface area contributed by atoms with Crippen molar-refractivity contribution in [2.45, 2.75) is 38.7 Å². The summed E-state index contributed by atoms with van der Waals surface area (Å²) in [5, 5.41) is 10.9. The number of nitrogens with zero attached hydrogens (tertiary/aromatic N) is 1. The van der Waals surface area contributed by atoms with Crippen LogP contribution in [-0.2, 0) is 0 Å². The maximum absolute atomic E-state index is 10.3. The van der Waals surface area contributed by atoms with Gasteiger partial charge in [-0.25, -0.2) is 0 Å².